The van der Waals surface area contributed by atoms with E-state index in [1.807, 2.05) is 0 Å². The summed E-state index contributed by atoms with van der Waals surface area (Å²) in [6, 6.07) is 0.339. The van der Waals surface area contributed by atoms with Crippen LogP contribution in [0.3, 0.4) is 0 Å². The number of hydrogen-bond donors (Lipinski definition) is 2. The molecule has 1 rings (SSSR count). The number of aliphatic hydroxyl groups is 1. The maximum atomic E-state index is 9.73. The Bertz CT molecular complexity index is 173. The molecule has 1 aliphatic rings. The lowest BCUT2D eigenvalue weighted by Gasteiger charge is -2.31. The van der Waals surface area contributed by atoms with Gasteiger partial charge >= 0.3 is 0 Å². The normalized spacial score (nSPS) is 21.2. The maximum Gasteiger partial charge on any atom is 0.0900 e. The number of nitrogens with two attached hydrogens (primary N) is 1. The Labute approximate surface area is 97.5 Å². The van der Waals surface area contributed by atoms with Crippen LogP contribution in [-0.4, -0.2) is 68.7 Å². The Balaban J connectivity index is 2.02. The summed E-state index contributed by atoms with van der Waals surface area (Å²) < 4.78 is 10.1. The highest BCUT2D eigenvalue weighted by molar-refractivity contribution is 4.75. The van der Waals surface area contributed by atoms with Gasteiger partial charge in [0.1, 0.15) is 0 Å². The van der Waals surface area contributed by atoms with E-state index < -0.39 is 6.10 Å². The van der Waals surface area contributed by atoms with Crippen molar-refractivity contribution in [1.82, 2.24) is 4.90 Å². The van der Waals surface area contributed by atoms with E-state index in [2.05, 4.69) is 4.90 Å². The van der Waals surface area contributed by atoms with Crippen molar-refractivity contribution in [1.29, 1.82) is 0 Å². The highest BCUT2D eigenvalue weighted by atomic mass is 16.5. The second-order valence-corrected chi connectivity index (χ2v) is 4.36. The zero-order chi connectivity index (χ0) is 11.8. The molecule has 0 amide bonds. The summed E-state index contributed by atoms with van der Waals surface area (Å²) in [5.41, 5.74) is 5.81. The molecule has 1 saturated heterocycles. The van der Waals surface area contributed by atoms with Crippen molar-refractivity contribution in [2.24, 2.45) is 5.73 Å². The van der Waals surface area contributed by atoms with Crippen LogP contribution in [0.1, 0.15) is 12.8 Å². The van der Waals surface area contributed by atoms with Gasteiger partial charge in [-0.1, -0.05) is 0 Å². The van der Waals surface area contributed by atoms with Gasteiger partial charge in [-0.15, -0.1) is 0 Å². The first kappa shape index (κ1) is 13.9. The zero-order valence-electron chi connectivity index (χ0n) is 10.1. The molecular formula is C11H24N2O3. The first-order chi connectivity index (χ1) is 7.72. The lowest BCUT2D eigenvalue weighted by molar-refractivity contribution is -0.00320. The minimum Gasteiger partial charge on any atom is -0.389 e. The summed E-state index contributed by atoms with van der Waals surface area (Å²) >= 11 is 0. The summed E-state index contributed by atoms with van der Waals surface area (Å²) in [5, 5.41) is 9.73. The molecule has 5 nitrogen and oxygen atoms in total. The maximum absolute atomic E-state index is 9.73. The largest absolute Gasteiger partial charge is 0.389 e. The molecule has 1 fully saturated rings. The molecule has 0 saturated carbocycles. The molecule has 1 heterocycles. The molecule has 0 aromatic rings. The molecule has 3 N–H and O–H groups in total. The Hall–Kier alpha value is -0.200. The average Bonchev–Trinajstić information content (AvgIpc) is 2.28. The number of nitrogens with zero attached hydrogens (tertiary/aromatic N) is 1. The van der Waals surface area contributed by atoms with Crippen LogP contribution in [-0.2, 0) is 9.47 Å². The van der Waals surface area contributed by atoms with E-state index in [1.54, 1.807) is 7.11 Å². The van der Waals surface area contributed by atoms with Gasteiger partial charge in [-0.05, 0) is 25.9 Å². The van der Waals surface area contributed by atoms with Crippen molar-refractivity contribution in [3.63, 3.8) is 0 Å². The average molecular weight is 232 g/mol. The van der Waals surface area contributed by atoms with E-state index in [1.165, 1.54) is 0 Å². The number of likely N-dealkylation sites (tertiary alicyclic amines) is 1. The monoisotopic (exact) mass is 232 g/mol. The van der Waals surface area contributed by atoms with E-state index in [4.69, 9.17) is 15.2 Å². The van der Waals surface area contributed by atoms with Gasteiger partial charge in [-0.3, -0.25) is 0 Å². The van der Waals surface area contributed by atoms with Crippen molar-refractivity contribution in [2.45, 2.75) is 25.0 Å². The van der Waals surface area contributed by atoms with Gasteiger partial charge in [0.15, 0.2) is 0 Å². The van der Waals surface area contributed by atoms with E-state index in [9.17, 15) is 5.11 Å². The third-order valence-corrected chi connectivity index (χ3v) is 2.84. The quantitative estimate of drug-likeness (QED) is 0.576. The second-order valence-electron chi connectivity index (χ2n) is 4.36. The molecule has 1 atom stereocenters. The lowest BCUT2D eigenvalue weighted by atomic mass is 10.1. The standard InChI is InChI=1S/C11H24N2O3/c1-15-6-7-16-9-11(14)8-13-4-2-10(12)3-5-13/h10-11,14H,2-9,12H2,1H3. The van der Waals surface area contributed by atoms with Gasteiger partial charge in [0, 0.05) is 19.7 Å². The number of piperidine rings is 1. The van der Waals surface area contributed by atoms with Crippen LogP contribution >= 0.6 is 0 Å². The third kappa shape index (κ3) is 5.77. The number of rotatable bonds is 7. The summed E-state index contributed by atoms with van der Waals surface area (Å²) in [6.07, 6.45) is 1.64. The predicted molar refractivity (Wildman–Crippen MR) is 62.4 cm³/mol. The lowest BCUT2D eigenvalue weighted by Crippen LogP contribution is -2.43. The van der Waals surface area contributed by atoms with Gasteiger partial charge in [-0.25, -0.2) is 0 Å². The number of hydrogen-bond acceptors (Lipinski definition) is 5. The summed E-state index contributed by atoms with van der Waals surface area (Å²) in [4.78, 5) is 2.24. The molecule has 0 radical (unpaired) electrons. The fourth-order valence-electron chi connectivity index (χ4n) is 1.85. The highest BCUT2D eigenvalue weighted by Crippen LogP contribution is 2.08. The van der Waals surface area contributed by atoms with Crippen LogP contribution in [0.2, 0.25) is 0 Å². The first-order valence-corrected chi connectivity index (χ1v) is 5.95. The van der Waals surface area contributed by atoms with E-state index in [0.717, 1.165) is 25.9 Å². The highest BCUT2D eigenvalue weighted by Gasteiger charge is 2.18. The molecule has 1 unspecified atom stereocenters. The molecule has 0 spiro atoms. The third-order valence-electron chi connectivity index (χ3n) is 2.84. The van der Waals surface area contributed by atoms with Crippen LogP contribution < -0.4 is 5.73 Å². The van der Waals surface area contributed by atoms with Crippen molar-refractivity contribution >= 4 is 0 Å². The Morgan fingerprint density at radius 2 is 2.06 bits per heavy atom. The first-order valence-electron chi connectivity index (χ1n) is 5.95. The van der Waals surface area contributed by atoms with Crippen LogP contribution in [0.5, 0.6) is 0 Å². The minimum atomic E-state index is -0.411. The van der Waals surface area contributed by atoms with Crippen molar-refractivity contribution < 1.29 is 14.6 Å². The Morgan fingerprint density at radius 3 is 2.69 bits per heavy atom. The van der Waals surface area contributed by atoms with Gasteiger partial charge < -0.3 is 25.2 Å². The van der Waals surface area contributed by atoms with Crippen LogP contribution in [0.25, 0.3) is 0 Å². The van der Waals surface area contributed by atoms with Crippen LogP contribution in [0.4, 0.5) is 0 Å². The van der Waals surface area contributed by atoms with Gasteiger partial charge in [0.2, 0.25) is 0 Å². The van der Waals surface area contributed by atoms with Gasteiger partial charge in [-0.2, -0.15) is 0 Å². The number of aliphatic hydroxyl groups excluding tert-OH is 1. The number of ether oxygens (including phenoxy) is 2. The van der Waals surface area contributed by atoms with Gasteiger partial charge in [0.25, 0.3) is 0 Å². The van der Waals surface area contributed by atoms with E-state index in [-0.39, 0.29) is 0 Å². The molecule has 0 aliphatic carbocycles. The summed E-state index contributed by atoms with van der Waals surface area (Å²) in [5.74, 6) is 0. The zero-order valence-corrected chi connectivity index (χ0v) is 10.1. The molecule has 0 bridgehead atoms. The van der Waals surface area contributed by atoms with Crippen molar-refractivity contribution in [3.05, 3.63) is 0 Å². The molecule has 96 valence electrons. The van der Waals surface area contributed by atoms with Crippen LogP contribution in [0, 0.1) is 0 Å². The van der Waals surface area contributed by atoms with Crippen molar-refractivity contribution in [3.8, 4) is 0 Å². The number of β-amino-alcohol motifs (C(OH)–C–C–N with tert-alkyl or cyclic N) is 1. The topological polar surface area (TPSA) is 68.0 Å². The fourth-order valence-corrected chi connectivity index (χ4v) is 1.85. The van der Waals surface area contributed by atoms with Gasteiger partial charge in [0.05, 0.1) is 25.9 Å². The molecule has 1 aliphatic heterocycles. The number of methoxy groups -OCH3 is 1. The predicted octanol–water partition coefficient (Wildman–Crippen LogP) is -0.567. The second kappa shape index (κ2) is 7.97. The minimum absolute atomic E-state index is 0.339. The molecule has 0 aromatic heterocycles. The molecule has 5 heteroatoms. The van der Waals surface area contributed by atoms with E-state index in [0.29, 0.717) is 32.4 Å². The Kier molecular flexibility index (Phi) is 6.91. The molecule has 0 aromatic carbocycles. The summed E-state index contributed by atoms with van der Waals surface area (Å²) in [7, 11) is 1.64. The SMILES string of the molecule is COCCOCC(O)CN1CCC(N)CC1. The van der Waals surface area contributed by atoms with E-state index >= 15 is 0 Å². The Morgan fingerprint density at radius 1 is 1.38 bits per heavy atom. The fraction of sp³-hybridized carbons (Fsp3) is 1.00. The van der Waals surface area contributed by atoms with Crippen LogP contribution in [0.15, 0.2) is 0 Å². The molecular weight excluding hydrogens is 208 g/mol. The van der Waals surface area contributed by atoms with Crippen molar-refractivity contribution in [2.75, 3.05) is 46.6 Å². The summed E-state index contributed by atoms with van der Waals surface area (Å²) in [6.45, 7) is 4.14. The molecule has 16 heavy (non-hydrogen) atoms. The smallest absolute Gasteiger partial charge is 0.0900 e.